The van der Waals surface area contributed by atoms with Crippen molar-refractivity contribution in [2.75, 3.05) is 6.54 Å². The van der Waals surface area contributed by atoms with Gasteiger partial charge in [-0.2, -0.15) is 0 Å². The van der Waals surface area contributed by atoms with Gasteiger partial charge in [0.25, 0.3) is 0 Å². The number of nitrogens with one attached hydrogen (secondary N) is 1. The lowest BCUT2D eigenvalue weighted by molar-refractivity contribution is 0.0353. The molecule has 1 aliphatic rings. The van der Waals surface area contributed by atoms with Crippen LogP contribution in [0.5, 0.6) is 0 Å². The Hall–Kier alpha value is -1.55. The van der Waals surface area contributed by atoms with Crippen molar-refractivity contribution in [3.05, 3.63) is 35.9 Å². The van der Waals surface area contributed by atoms with Crippen LogP contribution in [-0.2, 0) is 11.3 Å². The van der Waals surface area contributed by atoms with Gasteiger partial charge in [0, 0.05) is 6.54 Å². The maximum atomic E-state index is 11.6. The van der Waals surface area contributed by atoms with Crippen molar-refractivity contribution in [3.63, 3.8) is 0 Å². The maximum Gasteiger partial charge on any atom is 0.407 e. The smallest absolute Gasteiger partial charge is 0.407 e. The van der Waals surface area contributed by atoms with Crippen molar-refractivity contribution in [2.45, 2.75) is 45.3 Å². The molecule has 0 saturated heterocycles. The molecule has 0 aromatic heterocycles. The number of benzene rings is 1. The first kappa shape index (κ1) is 14.9. The summed E-state index contributed by atoms with van der Waals surface area (Å²) >= 11 is 0. The quantitative estimate of drug-likeness (QED) is 0.889. The number of carbonyl (C=O) groups is 1. The molecule has 1 fully saturated rings. The van der Waals surface area contributed by atoms with E-state index >= 15 is 0 Å². The topological polar surface area (TPSA) is 58.6 Å². The highest BCUT2D eigenvalue weighted by molar-refractivity contribution is 5.67. The lowest BCUT2D eigenvalue weighted by Crippen LogP contribution is -2.41. The fraction of sp³-hybridized carbons (Fsp3) is 0.562. The van der Waals surface area contributed by atoms with E-state index in [2.05, 4.69) is 19.2 Å². The second-order valence-corrected chi connectivity index (χ2v) is 6.48. The number of carbonyl (C=O) groups excluding carboxylic acids is 1. The molecule has 0 spiro atoms. The molecule has 1 saturated carbocycles. The van der Waals surface area contributed by atoms with E-state index in [0.717, 1.165) is 18.4 Å². The normalized spacial score (nSPS) is 24.4. The number of hydrogen-bond acceptors (Lipinski definition) is 3. The highest BCUT2D eigenvalue weighted by Crippen LogP contribution is 2.43. The summed E-state index contributed by atoms with van der Waals surface area (Å²) in [5.41, 5.74) is 0.294. The molecular weight excluding hydrogens is 254 g/mol. The molecule has 1 aromatic rings. The Morgan fingerprint density at radius 2 is 2.00 bits per heavy atom. The van der Waals surface area contributed by atoms with Gasteiger partial charge in [0.05, 0.1) is 5.60 Å². The summed E-state index contributed by atoms with van der Waals surface area (Å²) in [7, 11) is 0. The highest BCUT2D eigenvalue weighted by Gasteiger charge is 2.41. The monoisotopic (exact) mass is 277 g/mol. The predicted molar refractivity (Wildman–Crippen MR) is 77.2 cm³/mol. The van der Waals surface area contributed by atoms with Gasteiger partial charge in [0.2, 0.25) is 0 Å². The van der Waals surface area contributed by atoms with Crippen LogP contribution in [0.25, 0.3) is 0 Å². The van der Waals surface area contributed by atoms with Crippen LogP contribution in [0.3, 0.4) is 0 Å². The molecule has 0 heterocycles. The van der Waals surface area contributed by atoms with Crippen molar-refractivity contribution in [3.8, 4) is 0 Å². The second kappa shape index (κ2) is 5.83. The third kappa shape index (κ3) is 4.23. The first-order valence-electron chi connectivity index (χ1n) is 7.06. The van der Waals surface area contributed by atoms with E-state index < -0.39 is 11.7 Å². The average molecular weight is 277 g/mol. The molecule has 110 valence electrons. The van der Waals surface area contributed by atoms with Crippen LogP contribution < -0.4 is 5.32 Å². The number of ether oxygens (including phenoxy) is 1. The number of aliphatic hydroxyl groups is 1. The Labute approximate surface area is 120 Å². The van der Waals surface area contributed by atoms with Crippen LogP contribution in [0.1, 0.15) is 38.7 Å². The second-order valence-electron chi connectivity index (χ2n) is 6.48. The van der Waals surface area contributed by atoms with Gasteiger partial charge in [0.1, 0.15) is 6.61 Å². The average Bonchev–Trinajstić information content (AvgIpc) is 2.70. The van der Waals surface area contributed by atoms with Gasteiger partial charge in [-0.05, 0) is 30.2 Å². The summed E-state index contributed by atoms with van der Waals surface area (Å²) in [6.45, 7) is 4.78. The van der Waals surface area contributed by atoms with Gasteiger partial charge in [-0.15, -0.1) is 0 Å². The summed E-state index contributed by atoms with van der Waals surface area (Å²) in [6, 6.07) is 9.53. The molecule has 1 aliphatic carbocycles. The van der Waals surface area contributed by atoms with Crippen LogP contribution in [0, 0.1) is 5.41 Å². The molecule has 2 rings (SSSR count). The third-order valence-corrected chi connectivity index (χ3v) is 3.85. The molecule has 2 N–H and O–H groups in total. The van der Waals surface area contributed by atoms with Gasteiger partial charge < -0.3 is 15.2 Å². The Morgan fingerprint density at radius 3 is 2.60 bits per heavy atom. The van der Waals surface area contributed by atoms with Gasteiger partial charge in [0.15, 0.2) is 0 Å². The van der Waals surface area contributed by atoms with Gasteiger partial charge in [-0.25, -0.2) is 4.79 Å². The van der Waals surface area contributed by atoms with E-state index in [4.69, 9.17) is 4.74 Å². The largest absolute Gasteiger partial charge is 0.445 e. The molecule has 4 heteroatoms. The summed E-state index contributed by atoms with van der Waals surface area (Å²) in [4.78, 5) is 11.6. The first-order chi connectivity index (χ1) is 9.39. The van der Waals surface area contributed by atoms with Crippen molar-refractivity contribution >= 4 is 6.09 Å². The van der Waals surface area contributed by atoms with Crippen molar-refractivity contribution in [1.29, 1.82) is 0 Å². The molecule has 0 bridgehead atoms. The molecular formula is C16H23NO3. The third-order valence-electron chi connectivity index (χ3n) is 3.85. The Morgan fingerprint density at radius 1 is 1.30 bits per heavy atom. The fourth-order valence-electron chi connectivity index (χ4n) is 2.80. The first-order valence-corrected chi connectivity index (χ1v) is 7.06. The number of hydrogen-bond donors (Lipinski definition) is 2. The summed E-state index contributed by atoms with van der Waals surface area (Å²) in [5.74, 6) is 0. The van der Waals surface area contributed by atoms with Crippen LogP contribution in [-0.4, -0.2) is 23.3 Å². The molecule has 1 atom stereocenters. The van der Waals surface area contributed by atoms with Crippen LogP contribution in [0.15, 0.2) is 30.3 Å². The standard InChI is InChI=1S/C16H23NO3/c1-15(2)8-9-16(19,11-15)12-17-14(18)20-10-13-6-4-3-5-7-13/h3-7,19H,8-12H2,1-2H3,(H,17,18). The van der Waals surface area contributed by atoms with Gasteiger partial charge >= 0.3 is 6.09 Å². The van der Waals surface area contributed by atoms with E-state index in [9.17, 15) is 9.90 Å². The molecule has 1 unspecified atom stereocenters. The summed E-state index contributed by atoms with van der Waals surface area (Å²) < 4.78 is 5.12. The van der Waals surface area contributed by atoms with Crippen LogP contribution >= 0.6 is 0 Å². The Kier molecular flexibility index (Phi) is 4.33. The van der Waals surface area contributed by atoms with Gasteiger partial charge in [-0.3, -0.25) is 0 Å². The molecule has 1 aromatic carbocycles. The van der Waals surface area contributed by atoms with Gasteiger partial charge in [-0.1, -0.05) is 44.2 Å². The zero-order chi connectivity index (χ0) is 14.6. The minimum Gasteiger partial charge on any atom is -0.445 e. The lowest BCUT2D eigenvalue weighted by Gasteiger charge is -2.25. The van der Waals surface area contributed by atoms with Crippen molar-refractivity contribution < 1.29 is 14.6 Å². The number of amides is 1. The summed E-state index contributed by atoms with van der Waals surface area (Å²) in [5, 5.41) is 13.1. The van der Waals surface area contributed by atoms with E-state index in [0.29, 0.717) is 6.42 Å². The zero-order valence-electron chi connectivity index (χ0n) is 12.2. The minimum atomic E-state index is -0.796. The maximum absolute atomic E-state index is 11.6. The zero-order valence-corrected chi connectivity index (χ0v) is 12.2. The predicted octanol–water partition coefficient (Wildman–Crippen LogP) is 2.85. The van der Waals surface area contributed by atoms with Crippen LogP contribution in [0.2, 0.25) is 0 Å². The number of alkyl carbamates (subject to hydrolysis) is 1. The number of rotatable bonds is 4. The molecule has 0 radical (unpaired) electrons. The van der Waals surface area contributed by atoms with E-state index in [1.54, 1.807) is 0 Å². The van der Waals surface area contributed by atoms with Crippen molar-refractivity contribution in [2.24, 2.45) is 5.41 Å². The van der Waals surface area contributed by atoms with E-state index in [1.165, 1.54) is 0 Å². The SMILES string of the molecule is CC1(C)CCC(O)(CNC(=O)OCc2ccccc2)C1. The van der Waals surface area contributed by atoms with Crippen molar-refractivity contribution in [1.82, 2.24) is 5.32 Å². The minimum absolute atomic E-state index is 0.143. The molecule has 20 heavy (non-hydrogen) atoms. The Bertz CT molecular complexity index is 458. The fourth-order valence-corrected chi connectivity index (χ4v) is 2.80. The Balaban J connectivity index is 1.73. The van der Waals surface area contributed by atoms with E-state index in [1.807, 2.05) is 30.3 Å². The molecule has 4 nitrogen and oxygen atoms in total. The highest BCUT2D eigenvalue weighted by atomic mass is 16.5. The lowest BCUT2D eigenvalue weighted by atomic mass is 9.89. The molecule has 1 amide bonds. The summed E-state index contributed by atoms with van der Waals surface area (Å²) in [6.07, 6.45) is 1.93. The van der Waals surface area contributed by atoms with E-state index in [-0.39, 0.29) is 18.6 Å². The van der Waals surface area contributed by atoms with Crippen LogP contribution in [0.4, 0.5) is 4.79 Å². The molecule has 0 aliphatic heterocycles.